The molecule has 1 heterocycles. The third-order valence-electron chi connectivity index (χ3n) is 6.00. The number of carboxylic acids is 2. The lowest BCUT2D eigenvalue weighted by molar-refractivity contribution is -0.143. The minimum atomic E-state index is -1.56. The third-order valence-corrected chi connectivity index (χ3v) is 6.64. The molecular formula is C25H34N6O8S. The number of fused-ring (bicyclic) bond motifs is 1. The van der Waals surface area contributed by atoms with E-state index in [2.05, 4.69) is 20.9 Å². The number of thioether (sulfide) groups is 1. The van der Waals surface area contributed by atoms with Gasteiger partial charge in [0.25, 0.3) is 0 Å². The topological polar surface area (TPSA) is 247 Å². The van der Waals surface area contributed by atoms with Gasteiger partial charge in [-0.1, -0.05) is 18.2 Å². The summed E-state index contributed by atoms with van der Waals surface area (Å²) >= 11 is 1.36. The molecule has 0 bridgehead atoms. The maximum atomic E-state index is 13.0. The number of benzene rings is 1. The maximum absolute atomic E-state index is 13.0. The van der Waals surface area contributed by atoms with Crippen molar-refractivity contribution < 1.29 is 39.0 Å². The highest BCUT2D eigenvalue weighted by molar-refractivity contribution is 7.98. The van der Waals surface area contributed by atoms with Crippen molar-refractivity contribution >= 4 is 58.2 Å². The molecule has 0 aliphatic carbocycles. The van der Waals surface area contributed by atoms with Crippen LogP contribution in [-0.2, 0) is 35.2 Å². The lowest BCUT2D eigenvalue weighted by Gasteiger charge is -2.24. The number of nitrogens with one attached hydrogen (secondary N) is 4. The van der Waals surface area contributed by atoms with Crippen molar-refractivity contribution in [3.8, 4) is 0 Å². The van der Waals surface area contributed by atoms with Crippen LogP contribution in [0.3, 0.4) is 0 Å². The first-order chi connectivity index (χ1) is 18.9. The molecule has 0 fully saturated rings. The first kappa shape index (κ1) is 32.1. The summed E-state index contributed by atoms with van der Waals surface area (Å²) in [7, 11) is 0. The fourth-order valence-electron chi connectivity index (χ4n) is 3.89. The van der Waals surface area contributed by atoms with Crippen LogP contribution in [0.25, 0.3) is 10.9 Å². The summed E-state index contributed by atoms with van der Waals surface area (Å²) in [6, 6.07) is 2.04. The van der Waals surface area contributed by atoms with Crippen LogP contribution in [0.5, 0.6) is 0 Å². The van der Waals surface area contributed by atoms with Gasteiger partial charge < -0.3 is 42.6 Å². The van der Waals surface area contributed by atoms with Gasteiger partial charge in [0, 0.05) is 23.5 Å². The Bertz CT molecular complexity index is 1230. The fraction of sp³-hybridized carbons (Fsp3) is 0.440. The average molecular weight is 579 g/mol. The quantitative estimate of drug-likeness (QED) is 0.114. The molecule has 10 N–H and O–H groups in total. The predicted octanol–water partition coefficient (Wildman–Crippen LogP) is -0.930. The number of carbonyl (C=O) groups excluding carboxylic acids is 4. The number of carboxylic acid groups (broad SMARTS) is 2. The molecule has 4 amide bonds. The summed E-state index contributed by atoms with van der Waals surface area (Å²) in [5.74, 6) is -5.71. The second-order valence-electron chi connectivity index (χ2n) is 9.08. The van der Waals surface area contributed by atoms with Crippen molar-refractivity contribution in [3.05, 3.63) is 36.0 Å². The molecule has 0 saturated heterocycles. The number of aromatic nitrogens is 1. The number of hydrogen-bond donors (Lipinski definition) is 8. The lowest BCUT2D eigenvalue weighted by Crippen LogP contribution is -2.57. The Kier molecular flexibility index (Phi) is 12.4. The Hall–Kier alpha value is -4.11. The van der Waals surface area contributed by atoms with Crippen LogP contribution in [0.2, 0.25) is 0 Å². The monoisotopic (exact) mass is 578 g/mol. The van der Waals surface area contributed by atoms with Gasteiger partial charge in [-0.25, -0.2) is 4.79 Å². The highest BCUT2D eigenvalue weighted by Gasteiger charge is 2.31. The fourth-order valence-corrected chi connectivity index (χ4v) is 4.36. The van der Waals surface area contributed by atoms with Crippen LogP contribution in [0.1, 0.15) is 31.2 Å². The van der Waals surface area contributed by atoms with Crippen LogP contribution < -0.4 is 27.4 Å². The van der Waals surface area contributed by atoms with Crippen molar-refractivity contribution in [3.63, 3.8) is 0 Å². The van der Waals surface area contributed by atoms with Gasteiger partial charge in [-0.05, 0) is 42.9 Å². The van der Waals surface area contributed by atoms with E-state index < -0.39 is 66.2 Å². The number of primary amides is 1. The van der Waals surface area contributed by atoms with E-state index in [1.54, 1.807) is 12.5 Å². The number of aliphatic carboxylic acids is 2. The molecule has 0 radical (unpaired) electrons. The van der Waals surface area contributed by atoms with Gasteiger partial charge in [-0.15, -0.1) is 0 Å². The average Bonchev–Trinajstić information content (AvgIpc) is 3.30. The Morgan fingerprint density at radius 3 is 2.17 bits per heavy atom. The summed E-state index contributed by atoms with van der Waals surface area (Å²) in [4.78, 5) is 75.8. The number of nitrogens with two attached hydrogens (primary N) is 2. The van der Waals surface area contributed by atoms with Gasteiger partial charge in [-0.2, -0.15) is 11.8 Å². The molecule has 2 rings (SSSR count). The zero-order valence-electron chi connectivity index (χ0n) is 21.8. The zero-order chi connectivity index (χ0) is 29.8. The summed E-state index contributed by atoms with van der Waals surface area (Å²) in [5, 5.41) is 26.6. The Morgan fingerprint density at radius 1 is 0.925 bits per heavy atom. The van der Waals surface area contributed by atoms with E-state index in [1.165, 1.54) is 11.8 Å². The molecule has 2 aromatic rings. The largest absolute Gasteiger partial charge is 0.481 e. The van der Waals surface area contributed by atoms with Crippen LogP contribution >= 0.6 is 11.8 Å². The molecule has 4 unspecified atom stereocenters. The van der Waals surface area contributed by atoms with Gasteiger partial charge in [0.15, 0.2) is 0 Å². The molecule has 40 heavy (non-hydrogen) atoms. The summed E-state index contributed by atoms with van der Waals surface area (Å²) < 4.78 is 0. The second-order valence-corrected chi connectivity index (χ2v) is 10.1. The lowest BCUT2D eigenvalue weighted by atomic mass is 10.0. The Morgan fingerprint density at radius 2 is 1.55 bits per heavy atom. The standard InChI is InChI=1S/C25H34N6O8S/c1-40-9-8-17(23(36)30-18(25(38)39)6-7-20(27)32)29-24(37)19(11-21(33)34)31-22(35)15(26)10-13-12-28-16-5-3-2-4-14(13)16/h2-5,12,15,17-19,28H,6-11,26H2,1H3,(H2,27,32)(H,29,37)(H,30,36)(H,31,35)(H,33,34)(H,38,39). The summed E-state index contributed by atoms with van der Waals surface area (Å²) in [6.07, 6.45) is 2.32. The first-order valence-electron chi connectivity index (χ1n) is 12.4. The highest BCUT2D eigenvalue weighted by atomic mass is 32.2. The maximum Gasteiger partial charge on any atom is 0.326 e. The molecule has 15 heteroatoms. The van der Waals surface area contributed by atoms with Gasteiger partial charge in [0.05, 0.1) is 12.5 Å². The van der Waals surface area contributed by atoms with E-state index in [-0.39, 0.29) is 25.7 Å². The number of aromatic amines is 1. The van der Waals surface area contributed by atoms with Crippen molar-refractivity contribution in [2.75, 3.05) is 12.0 Å². The highest BCUT2D eigenvalue weighted by Crippen LogP contribution is 2.19. The van der Waals surface area contributed by atoms with Crippen LogP contribution in [-0.4, -0.2) is 86.9 Å². The molecular weight excluding hydrogens is 544 g/mol. The van der Waals surface area contributed by atoms with E-state index in [9.17, 15) is 39.0 Å². The predicted molar refractivity (Wildman–Crippen MR) is 147 cm³/mol. The van der Waals surface area contributed by atoms with E-state index in [4.69, 9.17) is 11.5 Å². The second kappa shape index (κ2) is 15.5. The number of carbonyl (C=O) groups is 6. The molecule has 0 aliphatic heterocycles. The first-order valence-corrected chi connectivity index (χ1v) is 13.8. The Labute approximate surface area is 234 Å². The van der Waals surface area contributed by atoms with Crippen molar-refractivity contribution in [1.82, 2.24) is 20.9 Å². The minimum Gasteiger partial charge on any atom is -0.481 e. The third kappa shape index (κ3) is 9.89. The molecule has 0 saturated carbocycles. The molecule has 218 valence electrons. The number of amides is 4. The minimum absolute atomic E-state index is 0.0781. The number of hydrogen-bond acceptors (Lipinski definition) is 8. The molecule has 1 aromatic heterocycles. The van der Waals surface area contributed by atoms with Gasteiger partial charge in [0.2, 0.25) is 23.6 Å². The molecule has 0 aliphatic rings. The number of para-hydroxylation sites is 1. The van der Waals surface area contributed by atoms with Crippen molar-refractivity contribution in [2.45, 2.75) is 56.3 Å². The molecule has 0 spiro atoms. The SMILES string of the molecule is CSCCC(NC(=O)C(CC(=O)O)NC(=O)C(N)Cc1c[nH]c2ccccc12)C(=O)NC(CCC(N)=O)C(=O)O. The zero-order valence-corrected chi connectivity index (χ0v) is 22.7. The van der Waals surface area contributed by atoms with Crippen molar-refractivity contribution in [2.24, 2.45) is 11.5 Å². The smallest absolute Gasteiger partial charge is 0.326 e. The normalized spacial score (nSPS) is 13.9. The number of H-pyrrole nitrogens is 1. The van der Waals surface area contributed by atoms with Crippen molar-refractivity contribution in [1.29, 1.82) is 0 Å². The van der Waals surface area contributed by atoms with Gasteiger partial charge >= 0.3 is 11.9 Å². The molecule has 4 atom stereocenters. The molecule has 14 nitrogen and oxygen atoms in total. The Balaban J connectivity index is 2.12. The van der Waals surface area contributed by atoms with Gasteiger partial charge in [0.1, 0.15) is 18.1 Å². The summed E-state index contributed by atoms with van der Waals surface area (Å²) in [5.41, 5.74) is 12.7. The van der Waals surface area contributed by atoms with E-state index in [0.29, 0.717) is 5.75 Å². The van der Waals surface area contributed by atoms with Crippen LogP contribution in [0.15, 0.2) is 30.5 Å². The van der Waals surface area contributed by atoms with Crippen LogP contribution in [0, 0.1) is 0 Å². The number of rotatable bonds is 17. The van der Waals surface area contributed by atoms with Gasteiger partial charge in [-0.3, -0.25) is 24.0 Å². The van der Waals surface area contributed by atoms with E-state index in [1.807, 2.05) is 24.3 Å². The van der Waals surface area contributed by atoms with E-state index >= 15 is 0 Å². The van der Waals surface area contributed by atoms with Crippen LogP contribution in [0.4, 0.5) is 0 Å². The molecule has 1 aromatic carbocycles. The summed E-state index contributed by atoms with van der Waals surface area (Å²) in [6.45, 7) is 0. The van der Waals surface area contributed by atoms with E-state index in [0.717, 1.165) is 16.5 Å².